The molecule has 4 N–H and O–H groups in total. The number of carbonyl (C=O) groups excluding carboxylic acids is 5. The number of rotatable bonds is 34. The van der Waals surface area contributed by atoms with Gasteiger partial charge >= 0.3 is 11.9 Å². The standard InChI is InChI=1S/C33H59N3O12/c1-27(37)25-47-23-21-46-20-18-35-31(40)26-48-24-22-45-19-17-34-29(38)16-15-28(33(43)44-2)36-30(39)13-11-9-7-5-3-4-6-8-10-12-14-32(41)42/h28H,3-26H2,1-2H3,(H,34,38)(H,35,40)(H,36,39)(H,41,42). The number of nitrogens with one attached hydrogen (secondary N) is 3. The van der Waals surface area contributed by atoms with E-state index in [1.807, 2.05) is 0 Å². The molecule has 1 unspecified atom stereocenters. The number of ether oxygens (including phenoxy) is 5. The summed E-state index contributed by atoms with van der Waals surface area (Å²) >= 11 is 0. The summed E-state index contributed by atoms with van der Waals surface area (Å²) in [6, 6.07) is -0.903. The number of carbonyl (C=O) groups is 6. The van der Waals surface area contributed by atoms with Gasteiger partial charge < -0.3 is 44.7 Å². The molecule has 3 amide bonds. The number of carboxylic acids is 1. The monoisotopic (exact) mass is 689 g/mol. The minimum atomic E-state index is -0.903. The van der Waals surface area contributed by atoms with Crippen molar-refractivity contribution >= 4 is 35.4 Å². The Labute approximate surface area is 284 Å². The van der Waals surface area contributed by atoms with Crippen molar-refractivity contribution in [3.63, 3.8) is 0 Å². The van der Waals surface area contributed by atoms with Crippen LogP contribution < -0.4 is 16.0 Å². The molecule has 15 heteroatoms. The predicted octanol–water partition coefficient (Wildman–Crippen LogP) is 2.08. The Morgan fingerprint density at radius 1 is 0.562 bits per heavy atom. The Hall–Kier alpha value is -3.14. The van der Waals surface area contributed by atoms with E-state index in [1.165, 1.54) is 14.0 Å². The number of methoxy groups -OCH3 is 1. The molecule has 0 aromatic carbocycles. The van der Waals surface area contributed by atoms with Crippen LogP contribution in [0, 0.1) is 0 Å². The normalized spacial score (nSPS) is 11.5. The number of hydrogen-bond donors (Lipinski definition) is 4. The number of aliphatic carboxylic acids is 1. The third-order valence-corrected chi connectivity index (χ3v) is 6.95. The van der Waals surface area contributed by atoms with Crippen molar-refractivity contribution in [2.45, 2.75) is 103 Å². The van der Waals surface area contributed by atoms with E-state index in [2.05, 4.69) is 16.0 Å². The zero-order valence-corrected chi connectivity index (χ0v) is 29.0. The van der Waals surface area contributed by atoms with Crippen molar-refractivity contribution in [1.82, 2.24) is 16.0 Å². The first-order valence-electron chi connectivity index (χ1n) is 17.1. The maximum absolute atomic E-state index is 12.4. The van der Waals surface area contributed by atoms with Crippen LogP contribution in [0.5, 0.6) is 0 Å². The summed E-state index contributed by atoms with van der Waals surface area (Å²) in [4.78, 5) is 69.7. The maximum atomic E-state index is 12.4. The highest BCUT2D eigenvalue weighted by Crippen LogP contribution is 2.12. The number of Topliss-reactive ketones (excluding diaryl/α,β-unsaturated/α-hetero) is 1. The van der Waals surface area contributed by atoms with Crippen molar-refractivity contribution in [1.29, 1.82) is 0 Å². The van der Waals surface area contributed by atoms with E-state index < -0.39 is 18.0 Å². The zero-order valence-electron chi connectivity index (χ0n) is 29.0. The molecule has 0 aromatic rings. The Kier molecular flexibility index (Phi) is 30.3. The van der Waals surface area contributed by atoms with Gasteiger partial charge in [-0.05, 0) is 26.2 Å². The molecule has 0 bridgehead atoms. The van der Waals surface area contributed by atoms with Gasteiger partial charge in [-0.2, -0.15) is 0 Å². The number of ketones is 1. The van der Waals surface area contributed by atoms with Crippen LogP contribution in [0.4, 0.5) is 0 Å². The van der Waals surface area contributed by atoms with Gasteiger partial charge in [0.05, 0.1) is 46.8 Å². The van der Waals surface area contributed by atoms with Crippen LogP contribution in [-0.4, -0.2) is 120 Å². The van der Waals surface area contributed by atoms with Crippen LogP contribution in [0.15, 0.2) is 0 Å². The van der Waals surface area contributed by atoms with Crippen molar-refractivity contribution in [2.75, 3.05) is 73.1 Å². The van der Waals surface area contributed by atoms with Crippen molar-refractivity contribution in [3.05, 3.63) is 0 Å². The van der Waals surface area contributed by atoms with Crippen LogP contribution >= 0.6 is 0 Å². The molecule has 0 aliphatic carbocycles. The fourth-order valence-electron chi connectivity index (χ4n) is 4.39. The largest absolute Gasteiger partial charge is 0.481 e. The first-order valence-corrected chi connectivity index (χ1v) is 17.1. The third-order valence-electron chi connectivity index (χ3n) is 6.95. The minimum Gasteiger partial charge on any atom is -0.481 e. The molecule has 0 rings (SSSR count). The number of unbranched alkanes of at least 4 members (excludes halogenated alkanes) is 9. The van der Waals surface area contributed by atoms with E-state index in [1.54, 1.807) is 0 Å². The highest BCUT2D eigenvalue weighted by atomic mass is 16.5. The van der Waals surface area contributed by atoms with Crippen molar-refractivity contribution in [3.8, 4) is 0 Å². The number of hydrogen-bond acceptors (Lipinski definition) is 11. The van der Waals surface area contributed by atoms with Gasteiger partial charge in [-0.25, -0.2) is 4.79 Å². The molecule has 0 heterocycles. The van der Waals surface area contributed by atoms with Gasteiger partial charge in [-0.1, -0.05) is 51.4 Å². The van der Waals surface area contributed by atoms with Crippen molar-refractivity contribution in [2.24, 2.45) is 0 Å². The fourth-order valence-corrected chi connectivity index (χ4v) is 4.39. The molecule has 0 aliphatic heterocycles. The van der Waals surface area contributed by atoms with Crippen LogP contribution in [0.2, 0.25) is 0 Å². The van der Waals surface area contributed by atoms with E-state index in [0.29, 0.717) is 39.2 Å². The molecule has 48 heavy (non-hydrogen) atoms. The van der Waals surface area contributed by atoms with Gasteiger partial charge in [-0.3, -0.25) is 24.0 Å². The molecule has 0 fully saturated rings. The first-order chi connectivity index (χ1) is 23.1. The molecule has 15 nitrogen and oxygen atoms in total. The van der Waals surface area contributed by atoms with E-state index >= 15 is 0 Å². The summed E-state index contributed by atoms with van der Waals surface area (Å²) < 4.78 is 25.8. The van der Waals surface area contributed by atoms with E-state index in [0.717, 1.165) is 57.8 Å². The van der Waals surface area contributed by atoms with E-state index in [4.69, 9.17) is 28.8 Å². The summed E-state index contributed by atoms with van der Waals surface area (Å²) in [5.74, 6) is -2.22. The highest BCUT2D eigenvalue weighted by Gasteiger charge is 2.22. The minimum absolute atomic E-state index is 0.0243. The predicted molar refractivity (Wildman–Crippen MR) is 176 cm³/mol. The lowest BCUT2D eigenvalue weighted by molar-refractivity contribution is -0.145. The van der Waals surface area contributed by atoms with Gasteiger partial charge in [-0.15, -0.1) is 0 Å². The van der Waals surface area contributed by atoms with Gasteiger partial charge in [0, 0.05) is 32.4 Å². The van der Waals surface area contributed by atoms with Crippen LogP contribution in [-0.2, 0) is 52.5 Å². The smallest absolute Gasteiger partial charge is 0.328 e. The van der Waals surface area contributed by atoms with Crippen LogP contribution in [0.1, 0.15) is 96.8 Å². The summed E-state index contributed by atoms with van der Waals surface area (Å²) in [7, 11) is 1.24. The SMILES string of the molecule is COC(=O)C(CCC(=O)NCCOCCOCC(=O)NCCOCCOCC(C)=O)NC(=O)CCCCCCCCCCCCC(=O)O. The molecule has 0 aromatic heterocycles. The number of esters is 1. The summed E-state index contributed by atoms with van der Waals surface area (Å²) in [6.07, 6.45) is 10.6. The summed E-state index contributed by atoms with van der Waals surface area (Å²) in [5, 5.41) is 16.7. The van der Waals surface area contributed by atoms with Gasteiger partial charge in [0.2, 0.25) is 17.7 Å². The number of carboxylic acid groups (broad SMARTS) is 1. The third kappa shape index (κ3) is 31.5. The highest BCUT2D eigenvalue weighted by molar-refractivity contribution is 5.85. The Morgan fingerprint density at radius 2 is 1.04 bits per heavy atom. The lowest BCUT2D eigenvalue weighted by Crippen LogP contribution is -2.42. The second-order valence-corrected chi connectivity index (χ2v) is 11.3. The lowest BCUT2D eigenvalue weighted by atomic mass is 10.0. The molecule has 0 saturated carbocycles. The maximum Gasteiger partial charge on any atom is 0.328 e. The molecular weight excluding hydrogens is 630 g/mol. The second kappa shape index (κ2) is 32.4. The van der Waals surface area contributed by atoms with Gasteiger partial charge in [0.15, 0.2) is 5.78 Å². The van der Waals surface area contributed by atoms with Crippen LogP contribution in [0.25, 0.3) is 0 Å². The quantitative estimate of drug-likeness (QED) is 0.0566. The van der Waals surface area contributed by atoms with E-state index in [-0.39, 0.29) is 82.3 Å². The van der Waals surface area contributed by atoms with Gasteiger partial charge in [0.1, 0.15) is 19.3 Å². The molecule has 0 radical (unpaired) electrons. The molecule has 278 valence electrons. The Balaban J connectivity index is 3.79. The van der Waals surface area contributed by atoms with Gasteiger partial charge in [0.25, 0.3) is 0 Å². The number of amides is 3. The topological polar surface area (TPSA) is 205 Å². The molecule has 0 aliphatic rings. The summed E-state index contributed by atoms with van der Waals surface area (Å²) in [5.41, 5.74) is 0. The molecule has 0 saturated heterocycles. The average Bonchev–Trinajstić information content (AvgIpc) is 3.05. The second-order valence-electron chi connectivity index (χ2n) is 11.3. The molecule has 0 spiro atoms. The Morgan fingerprint density at radius 3 is 1.56 bits per heavy atom. The molecular formula is C33H59N3O12. The fraction of sp³-hybridized carbons (Fsp3) is 0.818. The van der Waals surface area contributed by atoms with Crippen molar-refractivity contribution < 1.29 is 57.6 Å². The summed E-state index contributed by atoms with van der Waals surface area (Å²) in [6.45, 7) is 3.57. The van der Waals surface area contributed by atoms with Crippen LogP contribution in [0.3, 0.4) is 0 Å². The first kappa shape index (κ1) is 44.9. The zero-order chi connectivity index (χ0) is 35.7. The average molecular weight is 690 g/mol. The Bertz CT molecular complexity index is 903. The molecule has 1 atom stereocenters. The van der Waals surface area contributed by atoms with E-state index in [9.17, 15) is 28.8 Å². The lowest BCUT2D eigenvalue weighted by Gasteiger charge is -2.16.